The largest absolute Gasteiger partial charge is 0.385 e. The van der Waals surface area contributed by atoms with Crippen LogP contribution in [0.25, 0.3) is 4.98 Å². The molecule has 0 heterocycles. The van der Waals surface area contributed by atoms with E-state index in [-0.39, 0.29) is 0 Å². The fourth-order valence-corrected chi connectivity index (χ4v) is 1.58. The molecule has 2 aromatic carbocycles. The van der Waals surface area contributed by atoms with E-state index < -0.39 is 0 Å². The van der Waals surface area contributed by atoms with Crippen molar-refractivity contribution in [3.63, 3.8) is 0 Å². The monoisotopic (exact) mass is 274 g/mol. The number of hydrogen-bond acceptors (Lipinski definition) is 2. The number of rotatable bonds is 2. The molecule has 2 aromatic rings. The van der Waals surface area contributed by atoms with E-state index in [2.05, 4.69) is 26.2 Å². The molecule has 0 aromatic heterocycles. The Balaban J connectivity index is 2.15. The molecule has 0 aliphatic rings. The maximum atomic E-state index is 8.55. The van der Waals surface area contributed by atoms with Crippen LogP contribution in [-0.2, 0) is 0 Å². The van der Waals surface area contributed by atoms with Crippen LogP contribution in [0.4, 0.5) is 17.1 Å². The van der Waals surface area contributed by atoms with Crippen molar-refractivity contribution in [3.8, 4) is 0 Å². The minimum Gasteiger partial charge on any atom is -0.356 e. The zero-order valence-electron chi connectivity index (χ0n) is 8.39. The van der Waals surface area contributed by atoms with Crippen molar-refractivity contribution in [1.82, 2.24) is 0 Å². The van der Waals surface area contributed by atoms with Gasteiger partial charge in [0.15, 0.2) is 4.98 Å². The molecule has 0 bridgehead atoms. The number of diazo groups is 1. The number of anilines is 2. The summed E-state index contributed by atoms with van der Waals surface area (Å²) in [6, 6.07) is 15.1. The van der Waals surface area contributed by atoms with E-state index in [0.717, 1.165) is 15.8 Å². The Morgan fingerprint density at radius 2 is 1.38 bits per heavy atom. The maximum absolute atomic E-state index is 8.55. The molecule has 2 rings (SSSR count). The smallest absolute Gasteiger partial charge is 0.356 e. The summed E-state index contributed by atoms with van der Waals surface area (Å²) in [6.07, 6.45) is 0. The van der Waals surface area contributed by atoms with Crippen LogP contribution in [0, 0.1) is 5.39 Å². The molecule has 0 radical (unpaired) electrons. The quantitative estimate of drug-likeness (QED) is 0.808. The summed E-state index contributed by atoms with van der Waals surface area (Å²) >= 11 is 3.38. The second kappa shape index (κ2) is 4.77. The topological polar surface area (TPSA) is 40.2 Å². The van der Waals surface area contributed by atoms with E-state index in [9.17, 15) is 0 Å². The Morgan fingerprint density at radius 3 is 1.88 bits per heavy atom. The van der Waals surface area contributed by atoms with E-state index in [1.807, 2.05) is 36.4 Å². The summed E-state index contributed by atoms with van der Waals surface area (Å²) in [5, 5.41) is 11.8. The first-order valence-corrected chi connectivity index (χ1v) is 5.55. The lowest BCUT2D eigenvalue weighted by Crippen LogP contribution is -1.88. The summed E-state index contributed by atoms with van der Waals surface area (Å²) in [7, 11) is 0. The molecule has 78 valence electrons. The van der Waals surface area contributed by atoms with Gasteiger partial charge >= 0.3 is 5.69 Å². The Hall–Kier alpha value is -1.86. The van der Waals surface area contributed by atoms with E-state index >= 15 is 0 Å². The van der Waals surface area contributed by atoms with Crippen LogP contribution in [0.15, 0.2) is 53.0 Å². The summed E-state index contributed by atoms with van der Waals surface area (Å²) in [6.45, 7) is 0. The number of halogens is 1. The normalized spacial score (nSPS) is 9.50. The highest BCUT2D eigenvalue weighted by atomic mass is 79.9. The van der Waals surface area contributed by atoms with E-state index in [4.69, 9.17) is 5.39 Å². The van der Waals surface area contributed by atoms with Crippen LogP contribution < -0.4 is 5.32 Å². The van der Waals surface area contributed by atoms with Crippen LogP contribution in [-0.4, -0.2) is 0 Å². The Morgan fingerprint density at radius 1 is 0.875 bits per heavy atom. The molecule has 0 unspecified atom stereocenters. The SMILES string of the molecule is N#[N+]c1ccc(Nc2ccc(Br)cc2)cc1. The van der Waals surface area contributed by atoms with Gasteiger partial charge in [-0.2, -0.15) is 0 Å². The van der Waals surface area contributed by atoms with Gasteiger partial charge in [0.2, 0.25) is 5.39 Å². The van der Waals surface area contributed by atoms with Crippen LogP contribution in [0.2, 0.25) is 0 Å². The Kier molecular flexibility index (Phi) is 3.18. The first-order valence-electron chi connectivity index (χ1n) is 4.76. The second-order valence-electron chi connectivity index (χ2n) is 3.28. The Bertz CT molecular complexity index is 511. The molecular formula is C12H9BrN3+. The molecule has 0 saturated heterocycles. The molecule has 16 heavy (non-hydrogen) atoms. The van der Waals surface area contributed by atoms with Gasteiger partial charge in [-0.3, -0.25) is 0 Å². The fourth-order valence-electron chi connectivity index (χ4n) is 1.31. The van der Waals surface area contributed by atoms with Gasteiger partial charge in [-0.05, 0) is 36.4 Å². The van der Waals surface area contributed by atoms with Crippen molar-refractivity contribution in [3.05, 3.63) is 58.0 Å². The third-order valence-electron chi connectivity index (χ3n) is 2.12. The van der Waals surface area contributed by atoms with Gasteiger partial charge in [0.1, 0.15) is 0 Å². The minimum absolute atomic E-state index is 0.543. The summed E-state index contributed by atoms with van der Waals surface area (Å²) in [5.74, 6) is 0. The van der Waals surface area contributed by atoms with Crippen molar-refractivity contribution in [2.75, 3.05) is 5.32 Å². The van der Waals surface area contributed by atoms with E-state index in [0.29, 0.717) is 5.69 Å². The molecule has 4 heteroatoms. The lowest BCUT2D eigenvalue weighted by molar-refractivity contribution is 1.46. The van der Waals surface area contributed by atoms with Crippen molar-refractivity contribution in [2.24, 2.45) is 0 Å². The highest BCUT2D eigenvalue weighted by Gasteiger charge is 2.02. The lowest BCUT2D eigenvalue weighted by Gasteiger charge is -2.04. The van der Waals surface area contributed by atoms with Crippen molar-refractivity contribution in [2.45, 2.75) is 0 Å². The second-order valence-corrected chi connectivity index (χ2v) is 4.19. The van der Waals surface area contributed by atoms with Gasteiger partial charge in [0, 0.05) is 28.0 Å². The highest BCUT2D eigenvalue weighted by Crippen LogP contribution is 2.21. The predicted octanol–water partition coefficient (Wildman–Crippen LogP) is 4.68. The van der Waals surface area contributed by atoms with E-state index in [1.54, 1.807) is 12.1 Å². The average molecular weight is 275 g/mol. The van der Waals surface area contributed by atoms with Crippen molar-refractivity contribution >= 4 is 33.0 Å². The zero-order valence-corrected chi connectivity index (χ0v) is 9.98. The molecule has 3 nitrogen and oxygen atoms in total. The molecular weight excluding hydrogens is 266 g/mol. The van der Waals surface area contributed by atoms with Crippen LogP contribution in [0.1, 0.15) is 0 Å². The van der Waals surface area contributed by atoms with Gasteiger partial charge < -0.3 is 5.32 Å². The lowest BCUT2D eigenvalue weighted by atomic mass is 10.2. The molecule has 1 N–H and O–H groups in total. The number of hydrogen-bond donors (Lipinski definition) is 1. The van der Waals surface area contributed by atoms with E-state index in [1.165, 1.54) is 0 Å². The zero-order chi connectivity index (χ0) is 11.4. The van der Waals surface area contributed by atoms with Crippen LogP contribution in [0.5, 0.6) is 0 Å². The first kappa shape index (κ1) is 10.7. The molecule has 0 aliphatic heterocycles. The molecule has 0 saturated carbocycles. The summed E-state index contributed by atoms with van der Waals surface area (Å²) < 4.78 is 1.05. The minimum atomic E-state index is 0.543. The van der Waals surface area contributed by atoms with Crippen molar-refractivity contribution < 1.29 is 0 Å². The molecule has 0 aliphatic carbocycles. The fraction of sp³-hybridized carbons (Fsp3) is 0. The summed E-state index contributed by atoms with van der Waals surface area (Å²) in [5.41, 5.74) is 2.51. The Labute approximate surface area is 102 Å². The molecule has 0 fully saturated rings. The van der Waals surface area contributed by atoms with Gasteiger partial charge in [-0.25, -0.2) is 0 Å². The number of nitrogens with one attached hydrogen (secondary N) is 1. The maximum Gasteiger partial charge on any atom is 0.385 e. The standard InChI is InChI=1S/C12H9BrN3/c13-9-1-3-10(4-2-9)15-11-5-7-12(16-14)8-6-11/h1-8,15H/q+1. The molecule has 0 amide bonds. The van der Waals surface area contributed by atoms with Gasteiger partial charge in [-0.15, -0.1) is 0 Å². The average Bonchev–Trinajstić information content (AvgIpc) is 2.33. The first-order chi connectivity index (χ1) is 7.78. The van der Waals surface area contributed by atoms with Crippen LogP contribution >= 0.6 is 15.9 Å². The van der Waals surface area contributed by atoms with Gasteiger partial charge in [0.25, 0.3) is 0 Å². The van der Waals surface area contributed by atoms with Gasteiger partial charge in [0.05, 0.1) is 0 Å². The third-order valence-corrected chi connectivity index (χ3v) is 2.64. The van der Waals surface area contributed by atoms with Crippen LogP contribution in [0.3, 0.4) is 0 Å². The molecule has 0 spiro atoms. The predicted molar refractivity (Wildman–Crippen MR) is 68.6 cm³/mol. The number of benzene rings is 2. The third kappa shape index (κ3) is 2.59. The molecule has 0 atom stereocenters. The number of nitrogens with zero attached hydrogens (tertiary/aromatic N) is 2. The summed E-state index contributed by atoms with van der Waals surface area (Å²) in [4.78, 5) is 3.10. The van der Waals surface area contributed by atoms with Crippen molar-refractivity contribution in [1.29, 1.82) is 5.39 Å². The van der Waals surface area contributed by atoms with Gasteiger partial charge in [-0.1, -0.05) is 15.9 Å². The highest BCUT2D eigenvalue weighted by molar-refractivity contribution is 9.10.